The van der Waals surface area contributed by atoms with Crippen LogP contribution in [0.3, 0.4) is 0 Å². The van der Waals surface area contributed by atoms with E-state index in [1.54, 1.807) is 0 Å². The van der Waals surface area contributed by atoms with Gasteiger partial charge in [-0.3, -0.25) is 4.90 Å². The normalized spacial score (nSPS) is 15.4. The zero-order valence-corrected chi connectivity index (χ0v) is 15.5. The molecule has 0 aliphatic carbocycles. The third kappa shape index (κ3) is 5.33. The van der Waals surface area contributed by atoms with Gasteiger partial charge in [-0.1, -0.05) is 46.3 Å². The maximum absolute atomic E-state index is 6.07. The average molecular weight is 390 g/mol. The summed E-state index contributed by atoms with van der Waals surface area (Å²) in [7, 11) is 0. The number of rotatable bonds is 7. The van der Waals surface area contributed by atoms with Crippen molar-refractivity contribution >= 4 is 15.9 Å². The molecule has 2 aromatic carbocycles. The summed E-state index contributed by atoms with van der Waals surface area (Å²) in [5.41, 5.74) is 2.47. The first-order valence-corrected chi connectivity index (χ1v) is 9.36. The van der Waals surface area contributed by atoms with Crippen LogP contribution in [0.1, 0.15) is 17.5 Å². The minimum Gasteiger partial charge on any atom is -0.489 e. The molecule has 0 radical (unpaired) electrons. The smallest absolute Gasteiger partial charge is 0.123 e. The van der Waals surface area contributed by atoms with Crippen LogP contribution in [-0.2, 0) is 17.8 Å². The average Bonchev–Trinajstić information content (AvgIpc) is 2.63. The SMILES string of the molecule is Brc1ccc(OCc2ccccc2)c(CCCN2CCOCC2)c1. The molecule has 4 heteroatoms. The Labute approximate surface area is 152 Å². The predicted molar refractivity (Wildman–Crippen MR) is 100 cm³/mol. The number of aryl methyl sites for hydroxylation is 1. The van der Waals surface area contributed by atoms with Gasteiger partial charge in [-0.25, -0.2) is 0 Å². The molecule has 3 nitrogen and oxygen atoms in total. The largest absolute Gasteiger partial charge is 0.489 e. The van der Waals surface area contributed by atoms with Crippen molar-refractivity contribution in [3.63, 3.8) is 0 Å². The zero-order valence-electron chi connectivity index (χ0n) is 13.9. The van der Waals surface area contributed by atoms with Crippen LogP contribution >= 0.6 is 15.9 Å². The van der Waals surface area contributed by atoms with E-state index in [9.17, 15) is 0 Å². The monoisotopic (exact) mass is 389 g/mol. The van der Waals surface area contributed by atoms with Crippen LogP contribution in [0.2, 0.25) is 0 Å². The molecule has 24 heavy (non-hydrogen) atoms. The molecule has 0 spiro atoms. The summed E-state index contributed by atoms with van der Waals surface area (Å²) in [6.07, 6.45) is 2.17. The van der Waals surface area contributed by atoms with Gasteiger partial charge in [-0.2, -0.15) is 0 Å². The van der Waals surface area contributed by atoms with E-state index in [0.29, 0.717) is 6.61 Å². The fourth-order valence-electron chi connectivity index (χ4n) is 2.94. The van der Waals surface area contributed by atoms with Crippen LogP contribution in [0.25, 0.3) is 0 Å². The Morgan fingerprint density at radius 2 is 1.83 bits per heavy atom. The fraction of sp³-hybridized carbons (Fsp3) is 0.400. The maximum Gasteiger partial charge on any atom is 0.123 e. The summed E-state index contributed by atoms with van der Waals surface area (Å²) < 4.78 is 12.6. The molecule has 0 saturated carbocycles. The maximum atomic E-state index is 6.07. The van der Waals surface area contributed by atoms with Gasteiger partial charge in [0.2, 0.25) is 0 Å². The number of ether oxygens (including phenoxy) is 2. The molecular weight excluding hydrogens is 366 g/mol. The molecule has 128 valence electrons. The topological polar surface area (TPSA) is 21.7 Å². The van der Waals surface area contributed by atoms with E-state index >= 15 is 0 Å². The lowest BCUT2D eigenvalue weighted by Gasteiger charge is -2.26. The lowest BCUT2D eigenvalue weighted by Crippen LogP contribution is -2.36. The van der Waals surface area contributed by atoms with Gasteiger partial charge in [0.15, 0.2) is 0 Å². The van der Waals surface area contributed by atoms with Gasteiger partial charge >= 0.3 is 0 Å². The van der Waals surface area contributed by atoms with Gasteiger partial charge in [-0.15, -0.1) is 0 Å². The molecule has 1 fully saturated rings. The highest BCUT2D eigenvalue weighted by Gasteiger charge is 2.11. The van der Waals surface area contributed by atoms with E-state index in [1.807, 2.05) is 24.3 Å². The Balaban J connectivity index is 1.56. The number of benzene rings is 2. The minimum absolute atomic E-state index is 0.610. The summed E-state index contributed by atoms with van der Waals surface area (Å²) in [5, 5.41) is 0. The Hall–Kier alpha value is -1.36. The van der Waals surface area contributed by atoms with Crippen molar-refractivity contribution in [1.82, 2.24) is 4.90 Å². The molecular formula is C20H24BrNO2. The number of halogens is 1. The zero-order chi connectivity index (χ0) is 16.6. The lowest BCUT2D eigenvalue weighted by atomic mass is 10.1. The number of hydrogen-bond acceptors (Lipinski definition) is 3. The molecule has 1 saturated heterocycles. The Bertz CT molecular complexity index is 627. The standard InChI is InChI=1S/C20H24BrNO2/c21-19-8-9-20(24-16-17-5-2-1-3-6-17)18(15-19)7-4-10-22-11-13-23-14-12-22/h1-3,5-6,8-9,15H,4,7,10-14,16H2. The van der Waals surface area contributed by atoms with Crippen LogP contribution < -0.4 is 4.74 Å². The van der Waals surface area contributed by atoms with Crippen LogP contribution in [-0.4, -0.2) is 37.7 Å². The van der Waals surface area contributed by atoms with Crippen molar-refractivity contribution in [2.24, 2.45) is 0 Å². The highest BCUT2D eigenvalue weighted by atomic mass is 79.9. The van der Waals surface area contributed by atoms with Crippen molar-refractivity contribution < 1.29 is 9.47 Å². The number of morpholine rings is 1. The van der Waals surface area contributed by atoms with E-state index in [-0.39, 0.29) is 0 Å². The molecule has 0 aromatic heterocycles. The van der Waals surface area contributed by atoms with E-state index < -0.39 is 0 Å². The van der Waals surface area contributed by atoms with E-state index in [1.165, 1.54) is 11.1 Å². The van der Waals surface area contributed by atoms with Crippen molar-refractivity contribution in [2.75, 3.05) is 32.8 Å². The quantitative estimate of drug-likeness (QED) is 0.704. The highest BCUT2D eigenvalue weighted by molar-refractivity contribution is 9.10. The van der Waals surface area contributed by atoms with Crippen LogP contribution in [0.5, 0.6) is 5.75 Å². The van der Waals surface area contributed by atoms with E-state index in [0.717, 1.165) is 55.9 Å². The first-order valence-electron chi connectivity index (χ1n) is 8.56. The third-order valence-electron chi connectivity index (χ3n) is 4.28. The molecule has 0 bridgehead atoms. The summed E-state index contributed by atoms with van der Waals surface area (Å²) in [4.78, 5) is 2.48. The van der Waals surface area contributed by atoms with Gasteiger partial charge in [0, 0.05) is 17.6 Å². The summed E-state index contributed by atoms with van der Waals surface area (Å²) in [6.45, 7) is 5.56. The van der Waals surface area contributed by atoms with Crippen LogP contribution in [0.4, 0.5) is 0 Å². The Morgan fingerprint density at radius 3 is 2.62 bits per heavy atom. The summed E-state index contributed by atoms with van der Waals surface area (Å²) >= 11 is 3.58. The summed E-state index contributed by atoms with van der Waals surface area (Å²) in [6, 6.07) is 16.6. The number of nitrogens with zero attached hydrogens (tertiary/aromatic N) is 1. The van der Waals surface area contributed by atoms with Gasteiger partial charge in [0.25, 0.3) is 0 Å². The first kappa shape index (κ1) is 17.5. The molecule has 1 heterocycles. The molecule has 0 amide bonds. The molecule has 0 N–H and O–H groups in total. The Kier molecular flexibility index (Phi) is 6.70. The van der Waals surface area contributed by atoms with Crippen LogP contribution in [0, 0.1) is 0 Å². The molecule has 3 rings (SSSR count). The molecule has 0 atom stereocenters. The van der Waals surface area contributed by atoms with E-state index in [2.05, 4.69) is 45.1 Å². The number of hydrogen-bond donors (Lipinski definition) is 0. The molecule has 0 unspecified atom stereocenters. The van der Waals surface area contributed by atoms with Crippen molar-refractivity contribution in [3.8, 4) is 5.75 Å². The second kappa shape index (κ2) is 9.21. The molecule has 2 aromatic rings. The highest BCUT2D eigenvalue weighted by Crippen LogP contribution is 2.25. The van der Waals surface area contributed by atoms with Crippen molar-refractivity contribution in [2.45, 2.75) is 19.4 Å². The van der Waals surface area contributed by atoms with Gasteiger partial charge in [-0.05, 0) is 48.7 Å². The first-order chi connectivity index (χ1) is 11.8. The van der Waals surface area contributed by atoms with Gasteiger partial charge < -0.3 is 9.47 Å². The van der Waals surface area contributed by atoms with Gasteiger partial charge in [0.1, 0.15) is 12.4 Å². The van der Waals surface area contributed by atoms with Crippen molar-refractivity contribution in [1.29, 1.82) is 0 Å². The van der Waals surface area contributed by atoms with Crippen LogP contribution in [0.15, 0.2) is 53.0 Å². The van der Waals surface area contributed by atoms with Crippen molar-refractivity contribution in [3.05, 3.63) is 64.1 Å². The fourth-order valence-corrected chi connectivity index (χ4v) is 3.35. The van der Waals surface area contributed by atoms with E-state index in [4.69, 9.17) is 9.47 Å². The molecule has 1 aliphatic heterocycles. The van der Waals surface area contributed by atoms with Gasteiger partial charge in [0.05, 0.1) is 13.2 Å². The second-order valence-corrected chi connectivity index (χ2v) is 7.00. The molecule has 1 aliphatic rings. The third-order valence-corrected chi connectivity index (χ3v) is 4.78. The summed E-state index contributed by atoms with van der Waals surface area (Å²) in [5.74, 6) is 0.990. The minimum atomic E-state index is 0.610. The Morgan fingerprint density at radius 1 is 1.04 bits per heavy atom. The second-order valence-electron chi connectivity index (χ2n) is 6.08. The predicted octanol–water partition coefficient (Wildman–Crippen LogP) is 4.29. The lowest BCUT2D eigenvalue weighted by molar-refractivity contribution is 0.0374.